The minimum atomic E-state index is -3.66. The Kier molecular flexibility index (Phi) is 5.15. The van der Waals surface area contributed by atoms with Crippen LogP contribution < -0.4 is 9.62 Å². The van der Waals surface area contributed by atoms with Crippen LogP contribution in [0.5, 0.6) is 0 Å². The SMILES string of the molecule is Cc1ccc(S(=O)(=O)N(C)c2ccc(C(=O)N[C@@H]3C[C@@H]4CC[C@@H]3C4)cc2C)cc1. The Morgan fingerprint density at radius 3 is 2.34 bits per heavy atom. The van der Waals surface area contributed by atoms with Gasteiger partial charge < -0.3 is 5.32 Å². The van der Waals surface area contributed by atoms with Crippen LogP contribution in [0.2, 0.25) is 0 Å². The fraction of sp³-hybridized carbons (Fsp3) is 0.435. The summed E-state index contributed by atoms with van der Waals surface area (Å²) < 4.78 is 27.2. The standard InChI is InChI=1S/C23H28N2O3S/c1-15-4-9-20(10-5-15)29(27,28)25(3)22-11-8-19(12-16(22)2)23(26)24-21-14-17-6-7-18(21)13-17/h4-5,8-12,17-18,21H,6-7,13-14H2,1-3H3,(H,24,26)/t17-,18-,21-/m1/s1. The Morgan fingerprint density at radius 2 is 1.76 bits per heavy atom. The molecule has 2 aromatic rings. The van der Waals surface area contributed by atoms with Gasteiger partial charge in [-0.1, -0.05) is 24.1 Å². The number of nitrogens with one attached hydrogen (secondary N) is 1. The largest absolute Gasteiger partial charge is 0.349 e. The van der Waals surface area contributed by atoms with Gasteiger partial charge in [-0.3, -0.25) is 9.10 Å². The zero-order chi connectivity index (χ0) is 20.8. The number of amides is 1. The van der Waals surface area contributed by atoms with Crippen molar-refractivity contribution in [2.24, 2.45) is 11.8 Å². The van der Waals surface area contributed by atoms with E-state index in [9.17, 15) is 13.2 Å². The number of sulfonamides is 1. The maximum atomic E-state index is 13.0. The lowest BCUT2D eigenvalue weighted by Gasteiger charge is -2.24. The maximum Gasteiger partial charge on any atom is 0.264 e. The first kappa shape index (κ1) is 20.0. The van der Waals surface area contributed by atoms with Gasteiger partial charge in [0.2, 0.25) is 0 Å². The molecule has 2 aromatic carbocycles. The first-order chi connectivity index (χ1) is 13.8. The molecule has 29 heavy (non-hydrogen) atoms. The van der Waals surface area contributed by atoms with Crippen molar-refractivity contribution in [2.45, 2.75) is 50.5 Å². The molecule has 0 radical (unpaired) electrons. The molecule has 1 N–H and O–H groups in total. The van der Waals surface area contributed by atoms with E-state index in [1.165, 1.54) is 23.6 Å². The summed E-state index contributed by atoms with van der Waals surface area (Å²) in [5, 5.41) is 3.19. The molecule has 4 rings (SSSR count). The molecule has 2 aliphatic carbocycles. The Hall–Kier alpha value is -2.34. The molecule has 0 aliphatic heterocycles. The van der Waals surface area contributed by atoms with Crippen molar-refractivity contribution in [2.75, 3.05) is 11.4 Å². The summed E-state index contributed by atoms with van der Waals surface area (Å²) in [6.07, 6.45) is 4.84. The summed E-state index contributed by atoms with van der Waals surface area (Å²) >= 11 is 0. The summed E-state index contributed by atoms with van der Waals surface area (Å²) in [4.78, 5) is 13.0. The Bertz CT molecular complexity index is 1030. The molecule has 0 aromatic heterocycles. The molecule has 0 spiro atoms. The monoisotopic (exact) mass is 412 g/mol. The Balaban J connectivity index is 1.52. The second-order valence-electron chi connectivity index (χ2n) is 8.54. The number of carbonyl (C=O) groups is 1. The average Bonchev–Trinajstić information content (AvgIpc) is 3.31. The Morgan fingerprint density at radius 1 is 1.03 bits per heavy atom. The fourth-order valence-electron chi connectivity index (χ4n) is 4.82. The molecule has 3 atom stereocenters. The first-order valence-corrected chi connectivity index (χ1v) is 11.7. The molecule has 2 aliphatic rings. The second-order valence-corrected chi connectivity index (χ2v) is 10.5. The number of hydrogen-bond acceptors (Lipinski definition) is 3. The third kappa shape index (κ3) is 3.78. The van der Waals surface area contributed by atoms with Gasteiger partial charge in [0.25, 0.3) is 15.9 Å². The van der Waals surface area contributed by atoms with Crippen molar-refractivity contribution in [1.82, 2.24) is 5.32 Å². The van der Waals surface area contributed by atoms with Crippen LogP contribution in [0.4, 0.5) is 5.69 Å². The summed E-state index contributed by atoms with van der Waals surface area (Å²) in [6, 6.07) is 12.3. The van der Waals surface area contributed by atoms with Crippen molar-refractivity contribution >= 4 is 21.6 Å². The lowest BCUT2D eigenvalue weighted by molar-refractivity contribution is 0.0923. The van der Waals surface area contributed by atoms with Gasteiger partial charge >= 0.3 is 0 Å². The number of anilines is 1. The topological polar surface area (TPSA) is 66.5 Å². The second kappa shape index (κ2) is 7.48. The lowest BCUT2D eigenvalue weighted by Crippen LogP contribution is -2.38. The van der Waals surface area contributed by atoms with E-state index in [-0.39, 0.29) is 16.8 Å². The highest BCUT2D eigenvalue weighted by molar-refractivity contribution is 7.92. The molecule has 2 bridgehead atoms. The maximum absolute atomic E-state index is 13.0. The normalized spacial score (nSPS) is 23.2. The van der Waals surface area contributed by atoms with Crippen LogP contribution in [0.15, 0.2) is 47.4 Å². The number of aryl methyl sites for hydroxylation is 2. The molecule has 0 heterocycles. The van der Waals surface area contributed by atoms with Gasteiger partial charge in [0.15, 0.2) is 0 Å². The minimum Gasteiger partial charge on any atom is -0.349 e. The minimum absolute atomic E-state index is 0.0683. The van der Waals surface area contributed by atoms with Crippen LogP contribution in [-0.4, -0.2) is 27.4 Å². The van der Waals surface area contributed by atoms with E-state index in [4.69, 9.17) is 0 Å². The van der Waals surface area contributed by atoms with Crippen molar-refractivity contribution in [3.8, 4) is 0 Å². The van der Waals surface area contributed by atoms with Crippen molar-refractivity contribution < 1.29 is 13.2 Å². The van der Waals surface area contributed by atoms with Crippen LogP contribution in [0.3, 0.4) is 0 Å². The molecule has 5 nitrogen and oxygen atoms in total. The van der Waals surface area contributed by atoms with Gasteiger partial charge in [-0.25, -0.2) is 8.42 Å². The highest BCUT2D eigenvalue weighted by Gasteiger charge is 2.40. The quantitative estimate of drug-likeness (QED) is 0.806. The molecular weight excluding hydrogens is 384 g/mol. The van der Waals surface area contributed by atoms with E-state index >= 15 is 0 Å². The molecule has 6 heteroatoms. The van der Waals surface area contributed by atoms with Gasteiger partial charge in [-0.05, 0) is 80.8 Å². The van der Waals surface area contributed by atoms with Crippen LogP contribution in [0.25, 0.3) is 0 Å². The molecule has 2 saturated carbocycles. The van der Waals surface area contributed by atoms with Crippen LogP contribution in [0.1, 0.15) is 47.2 Å². The molecular formula is C23H28N2O3S. The number of fused-ring (bicyclic) bond motifs is 2. The first-order valence-electron chi connectivity index (χ1n) is 10.2. The smallest absolute Gasteiger partial charge is 0.264 e. The van der Waals surface area contributed by atoms with Gasteiger partial charge in [0.1, 0.15) is 0 Å². The van der Waals surface area contributed by atoms with E-state index in [1.807, 2.05) is 13.8 Å². The van der Waals surface area contributed by atoms with Gasteiger partial charge in [-0.2, -0.15) is 0 Å². The van der Waals surface area contributed by atoms with Crippen LogP contribution >= 0.6 is 0 Å². The van der Waals surface area contributed by atoms with Crippen molar-refractivity contribution in [3.63, 3.8) is 0 Å². The number of carbonyl (C=O) groups excluding carboxylic acids is 1. The fourth-order valence-corrected chi connectivity index (χ4v) is 6.08. The summed E-state index contributed by atoms with van der Waals surface area (Å²) in [5.41, 5.74) is 2.91. The van der Waals surface area contributed by atoms with E-state index in [2.05, 4.69) is 5.32 Å². The van der Waals surface area contributed by atoms with Crippen LogP contribution in [0, 0.1) is 25.7 Å². The molecule has 0 saturated heterocycles. The van der Waals surface area contributed by atoms with Crippen molar-refractivity contribution in [1.29, 1.82) is 0 Å². The predicted molar refractivity (Wildman–Crippen MR) is 115 cm³/mol. The highest BCUT2D eigenvalue weighted by atomic mass is 32.2. The van der Waals surface area contributed by atoms with Gasteiger partial charge in [-0.15, -0.1) is 0 Å². The number of hydrogen-bond donors (Lipinski definition) is 1. The van der Waals surface area contributed by atoms with Gasteiger partial charge in [0.05, 0.1) is 10.6 Å². The number of benzene rings is 2. The average molecular weight is 413 g/mol. The molecule has 2 fully saturated rings. The third-order valence-electron chi connectivity index (χ3n) is 6.53. The summed E-state index contributed by atoms with van der Waals surface area (Å²) in [5.74, 6) is 1.33. The van der Waals surface area contributed by atoms with Crippen molar-refractivity contribution in [3.05, 3.63) is 59.2 Å². The molecule has 0 unspecified atom stereocenters. The van der Waals surface area contributed by atoms with E-state index in [1.54, 1.807) is 49.5 Å². The van der Waals surface area contributed by atoms with Crippen LogP contribution in [-0.2, 0) is 10.0 Å². The zero-order valence-corrected chi connectivity index (χ0v) is 18.0. The van der Waals surface area contributed by atoms with E-state index in [0.29, 0.717) is 17.2 Å². The summed E-state index contributed by atoms with van der Waals surface area (Å²) in [6.45, 7) is 3.76. The lowest BCUT2D eigenvalue weighted by atomic mass is 9.95. The van der Waals surface area contributed by atoms with Gasteiger partial charge in [0, 0.05) is 18.7 Å². The van der Waals surface area contributed by atoms with E-state index in [0.717, 1.165) is 23.5 Å². The predicted octanol–water partition coefficient (Wildman–Crippen LogP) is 4.05. The third-order valence-corrected chi connectivity index (χ3v) is 8.32. The molecule has 154 valence electrons. The number of rotatable bonds is 5. The zero-order valence-electron chi connectivity index (χ0n) is 17.2. The van der Waals surface area contributed by atoms with E-state index < -0.39 is 10.0 Å². The Labute approximate surface area is 173 Å². The highest BCUT2D eigenvalue weighted by Crippen LogP contribution is 2.44. The number of nitrogens with zero attached hydrogens (tertiary/aromatic N) is 1. The summed E-state index contributed by atoms with van der Waals surface area (Å²) in [7, 11) is -2.11. The molecule has 1 amide bonds.